The zero-order valence-corrected chi connectivity index (χ0v) is 20.2. The molecule has 3 N–H and O–H groups in total. The third-order valence-electron chi connectivity index (χ3n) is 6.59. The molecule has 0 bridgehead atoms. The number of aromatic nitrogens is 3. The molecule has 0 radical (unpaired) electrons. The molecule has 2 aliphatic heterocycles. The summed E-state index contributed by atoms with van der Waals surface area (Å²) in [6, 6.07) is 1.71. The molecule has 2 aromatic heterocycles. The number of rotatable bonds is 8. The fourth-order valence-corrected chi connectivity index (χ4v) is 4.89. The molecule has 0 aromatic carbocycles. The summed E-state index contributed by atoms with van der Waals surface area (Å²) in [7, 11) is 3.22. The van der Waals surface area contributed by atoms with Gasteiger partial charge in [-0.2, -0.15) is 4.98 Å². The van der Waals surface area contributed by atoms with E-state index in [4.69, 9.17) is 14.7 Å². The number of hydrogen-bond acceptors (Lipinski definition) is 8. The summed E-state index contributed by atoms with van der Waals surface area (Å²) in [5.74, 6) is 2.09. The Morgan fingerprint density at radius 2 is 2.03 bits per heavy atom. The van der Waals surface area contributed by atoms with Gasteiger partial charge in [0.05, 0.1) is 13.3 Å². The number of carbonyl (C=O) groups excluding carboxylic acids is 1. The van der Waals surface area contributed by atoms with Gasteiger partial charge in [0.25, 0.3) is 0 Å². The summed E-state index contributed by atoms with van der Waals surface area (Å²) < 4.78 is 5.35. The van der Waals surface area contributed by atoms with E-state index in [1.54, 1.807) is 20.4 Å². The fraction of sp³-hybridized carbons (Fsp3) is 0.609. The molecule has 4 heterocycles. The number of anilines is 2. The van der Waals surface area contributed by atoms with Crippen molar-refractivity contribution < 1.29 is 19.4 Å². The zero-order valence-electron chi connectivity index (χ0n) is 20.2. The molecule has 2 amide bonds. The van der Waals surface area contributed by atoms with Crippen LogP contribution in [0.5, 0.6) is 5.75 Å². The number of amides is 2. The number of ether oxygens (including phenoxy) is 1. The monoisotopic (exact) mass is 471 g/mol. The summed E-state index contributed by atoms with van der Waals surface area (Å²) in [6.07, 6.45) is 2.77. The number of hydrogen-bond donors (Lipinski definition) is 3. The van der Waals surface area contributed by atoms with Gasteiger partial charge < -0.3 is 30.3 Å². The van der Waals surface area contributed by atoms with Crippen LogP contribution in [-0.4, -0.2) is 83.3 Å². The van der Waals surface area contributed by atoms with Gasteiger partial charge in [-0.3, -0.25) is 4.79 Å². The number of fused-ring (bicyclic) bond motifs is 1. The number of likely N-dealkylation sites (tertiary alicyclic amines) is 1. The molecule has 1 atom stereocenters. The molecule has 2 fully saturated rings. The highest BCUT2D eigenvalue weighted by molar-refractivity contribution is 5.87. The number of carbonyl (C=O) groups is 2. The second kappa shape index (κ2) is 9.47. The molecule has 2 aliphatic rings. The predicted octanol–water partition coefficient (Wildman–Crippen LogP) is 2.19. The van der Waals surface area contributed by atoms with E-state index in [0.29, 0.717) is 60.5 Å². The zero-order chi connectivity index (χ0) is 24.5. The molecule has 2 saturated heterocycles. The van der Waals surface area contributed by atoms with Crippen LogP contribution < -0.4 is 20.3 Å². The van der Waals surface area contributed by atoms with Crippen LogP contribution in [0, 0.1) is 11.3 Å². The number of nitrogens with one attached hydrogen (secondary N) is 2. The highest BCUT2D eigenvalue weighted by atomic mass is 16.5. The lowest BCUT2D eigenvalue weighted by atomic mass is 9.79. The van der Waals surface area contributed by atoms with Gasteiger partial charge in [-0.15, -0.1) is 0 Å². The van der Waals surface area contributed by atoms with Crippen LogP contribution in [0.15, 0.2) is 12.3 Å². The Kier molecular flexibility index (Phi) is 6.63. The molecule has 0 saturated carbocycles. The van der Waals surface area contributed by atoms with Crippen LogP contribution >= 0.6 is 0 Å². The average Bonchev–Trinajstić information content (AvgIpc) is 3.23. The first-order valence-corrected chi connectivity index (χ1v) is 11.6. The van der Waals surface area contributed by atoms with Gasteiger partial charge in [0.1, 0.15) is 16.8 Å². The smallest absolute Gasteiger partial charge is 0.407 e. The van der Waals surface area contributed by atoms with E-state index < -0.39 is 6.09 Å². The van der Waals surface area contributed by atoms with Crippen molar-refractivity contribution in [1.82, 2.24) is 25.2 Å². The van der Waals surface area contributed by atoms with Gasteiger partial charge in [0, 0.05) is 57.2 Å². The van der Waals surface area contributed by atoms with Gasteiger partial charge in [0.15, 0.2) is 5.82 Å². The third kappa shape index (κ3) is 4.92. The molecule has 34 heavy (non-hydrogen) atoms. The lowest BCUT2D eigenvalue weighted by Gasteiger charge is -2.46. The van der Waals surface area contributed by atoms with Crippen molar-refractivity contribution in [2.45, 2.75) is 39.2 Å². The van der Waals surface area contributed by atoms with Crippen molar-refractivity contribution in [2.75, 3.05) is 50.6 Å². The normalized spacial score (nSPS) is 17.7. The van der Waals surface area contributed by atoms with E-state index in [9.17, 15) is 14.7 Å². The number of pyridine rings is 1. The fourth-order valence-electron chi connectivity index (χ4n) is 4.89. The van der Waals surface area contributed by atoms with Gasteiger partial charge >= 0.3 is 6.09 Å². The molecule has 11 heteroatoms. The molecule has 184 valence electrons. The van der Waals surface area contributed by atoms with Crippen molar-refractivity contribution in [3.8, 4) is 5.75 Å². The standard InChI is InChI=1S/C23H33N7O4/c1-14(2)7-15(8-18(31)24-3)26-20-19-17(9-16(34-4)10-25-19)27-21(28-20)29-6-5-23(11-29)12-30(13-23)22(32)33/h9-10,14-15H,5-8,11-13H2,1-4H3,(H,24,31)(H,32,33)(H,26,27,28)/t15-/m0/s1. The number of carboxylic acid groups (broad SMARTS) is 1. The first-order valence-electron chi connectivity index (χ1n) is 11.6. The largest absolute Gasteiger partial charge is 0.495 e. The van der Waals surface area contributed by atoms with Gasteiger partial charge in [0.2, 0.25) is 11.9 Å². The SMILES string of the molecule is CNC(=O)C[C@H](CC(C)C)Nc1nc(N2CCC3(CN(C(=O)O)C3)C2)nc2cc(OC)cnc12. The van der Waals surface area contributed by atoms with Crippen LogP contribution in [0.4, 0.5) is 16.6 Å². The highest BCUT2D eigenvalue weighted by Crippen LogP contribution is 2.41. The second-order valence-electron chi connectivity index (χ2n) is 9.77. The van der Waals surface area contributed by atoms with Crippen LogP contribution in [0.2, 0.25) is 0 Å². The first kappa shape index (κ1) is 23.8. The lowest BCUT2D eigenvalue weighted by Crippen LogP contribution is -2.59. The van der Waals surface area contributed by atoms with E-state index >= 15 is 0 Å². The quantitative estimate of drug-likeness (QED) is 0.530. The van der Waals surface area contributed by atoms with Crippen molar-refractivity contribution in [3.05, 3.63) is 12.3 Å². The van der Waals surface area contributed by atoms with Crippen LogP contribution in [0.25, 0.3) is 11.0 Å². The molecule has 1 spiro atoms. The van der Waals surface area contributed by atoms with E-state index in [1.165, 1.54) is 4.90 Å². The Labute approximate surface area is 198 Å². The molecule has 0 aliphatic carbocycles. The Bertz CT molecular complexity index is 1070. The molecule has 2 aromatic rings. The summed E-state index contributed by atoms with van der Waals surface area (Å²) in [4.78, 5) is 41.1. The topological polar surface area (TPSA) is 133 Å². The van der Waals surface area contributed by atoms with Crippen molar-refractivity contribution in [1.29, 1.82) is 0 Å². The van der Waals surface area contributed by atoms with Crippen LogP contribution in [0.3, 0.4) is 0 Å². The lowest BCUT2D eigenvalue weighted by molar-refractivity contribution is -0.120. The minimum Gasteiger partial charge on any atom is -0.495 e. The maximum atomic E-state index is 12.1. The summed E-state index contributed by atoms with van der Waals surface area (Å²) in [5.41, 5.74) is 1.22. The Hall–Kier alpha value is -3.37. The second-order valence-corrected chi connectivity index (χ2v) is 9.77. The van der Waals surface area contributed by atoms with Crippen LogP contribution in [-0.2, 0) is 4.79 Å². The maximum Gasteiger partial charge on any atom is 0.407 e. The number of nitrogens with zero attached hydrogens (tertiary/aromatic N) is 5. The van der Waals surface area contributed by atoms with Gasteiger partial charge in [-0.05, 0) is 18.8 Å². The van der Waals surface area contributed by atoms with E-state index in [0.717, 1.165) is 19.4 Å². The van der Waals surface area contributed by atoms with E-state index in [1.807, 2.05) is 6.07 Å². The van der Waals surface area contributed by atoms with Crippen molar-refractivity contribution in [3.63, 3.8) is 0 Å². The molecule has 4 rings (SSSR count). The minimum absolute atomic E-state index is 0.0409. The summed E-state index contributed by atoms with van der Waals surface area (Å²) in [5, 5.41) is 15.4. The first-order chi connectivity index (χ1) is 16.2. The molecular weight excluding hydrogens is 438 g/mol. The average molecular weight is 472 g/mol. The predicted molar refractivity (Wildman–Crippen MR) is 128 cm³/mol. The van der Waals surface area contributed by atoms with E-state index in [-0.39, 0.29) is 17.4 Å². The third-order valence-corrected chi connectivity index (χ3v) is 6.59. The summed E-state index contributed by atoms with van der Waals surface area (Å²) >= 11 is 0. The molecule has 11 nitrogen and oxygen atoms in total. The highest BCUT2D eigenvalue weighted by Gasteiger charge is 2.50. The van der Waals surface area contributed by atoms with Crippen molar-refractivity contribution in [2.24, 2.45) is 11.3 Å². The van der Waals surface area contributed by atoms with Crippen molar-refractivity contribution >= 4 is 34.8 Å². The van der Waals surface area contributed by atoms with Crippen LogP contribution in [0.1, 0.15) is 33.1 Å². The maximum absolute atomic E-state index is 12.1. The summed E-state index contributed by atoms with van der Waals surface area (Å²) in [6.45, 7) is 6.77. The Morgan fingerprint density at radius 3 is 2.68 bits per heavy atom. The van der Waals surface area contributed by atoms with Gasteiger partial charge in [-0.25, -0.2) is 14.8 Å². The Balaban J connectivity index is 1.64. The van der Waals surface area contributed by atoms with E-state index in [2.05, 4.69) is 34.4 Å². The molecular formula is C23H33N7O4. The minimum atomic E-state index is -0.872. The Morgan fingerprint density at radius 1 is 1.26 bits per heavy atom. The number of methoxy groups -OCH3 is 1. The van der Waals surface area contributed by atoms with Gasteiger partial charge in [-0.1, -0.05) is 13.8 Å². The molecule has 0 unspecified atom stereocenters.